The van der Waals surface area contributed by atoms with Crippen LogP contribution in [-0.2, 0) is 4.74 Å². The van der Waals surface area contributed by atoms with Crippen LogP contribution in [0, 0.1) is 6.92 Å². The van der Waals surface area contributed by atoms with Gasteiger partial charge in [-0.25, -0.2) is 0 Å². The van der Waals surface area contributed by atoms with E-state index in [1.807, 2.05) is 19.1 Å². The predicted octanol–water partition coefficient (Wildman–Crippen LogP) is 2.93. The second-order valence-corrected chi connectivity index (χ2v) is 3.97. The lowest BCUT2D eigenvalue weighted by molar-refractivity contribution is -0.325. The molecule has 0 unspecified atom stereocenters. The molecular formula is C12H16F3NO2. The molecule has 102 valence electrons. The average Bonchev–Trinajstić information content (AvgIpc) is 2.24. The molecule has 0 spiro atoms. The first kappa shape index (κ1) is 14.8. The monoisotopic (exact) mass is 263 g/mol. The Balaban J connectivity index is 2.57. The van der Waals surface area contributed by atoms with Gasteiger partial charge in [0, 0.05) is 11.6 Å². The average molecular weight is 263 g/mol. The van der Waals surface area contributed by atoms with Crippen molar-refractivity contribution in [3.8, 4) is 5.75 Å². The van der Waals surface area contributed by atoms with Crippen LogP contribution in [0.15, 0.2) is 18.2 Å². The van der Waals surface area contributed by atoms with Gasteiger partial charge in [0.25, 0.3) is 0 Å². The first-order valence-corrected chi connectivity index (χ1v) is 5.49. The number of benzene rings is 1. The summed E-state index contributed by atoms with van der Waals surface area (Å²) in [5.41, 5.74) is 7.55. The van der Waals surface area contributed by atoms with E-state index in [0.717, 1.165) is 11.1 Å². The van der Waals surface area contributed by atoms with Crippen LogP contribution in [0.25, 0.3) is 0 Å². The van der Waals surface area contributed by atoms with Crippen LogP contribution >= 0.6 is 0 Å². The van der Waals surface area contributed by atoms with E-state index in [4.69, 9.17) is 10.5 Å². The lowest BCUT2D eigenvalue weighted by Crippen LogP contribution is -2.18. The van der Waals surface area contributed by atoms with Crippen LogP contribution in [0.2, 0.25) is 0 Å². The third kappa shape index (κ3) is 4.93. The standard InChI is InChI=1S/C12H16F3NO2/c1-8-3-4-11(10(7-8)9(2)16)17-5-6-18-12(13,14)15/h3-4,7,9H,5-6,16H2,1-2H3/t9-/m0/s1. The molecule has 0 bridgehead atoms. The molecule has 0 heterocycles. The number of ether oxygens (including phenoxy) is 2. The van der Waals surface area contributed by atoms with Crippen LogP contribution in [0.1, 0.15) is 24.1 Å². The number of alkyl halides is 3. The topological polar surface area (TPSA) is 44.5 Å². The molecule has 0 saturated heterocycles. The van der Waals surface area contributed by atoms with Crippen molar-refractivity contribution in [2.24, 2.45) is 5.73 Å². The minimum absolute atomic E-state index is 0.178. The summed E-state index contributed by atoms with van der Waals surface area (Å²) in [6.07, 6.45) is -4.62. The van der Waals surface area contributed by atoms with Gasteiger partial charge in [0.15, 0.2) is 0 Å². The first-order valence-electron chi connectivity index (χ1n) is 5.49. The van der Waals surface area contributed by atoms with Crippen LogP contribution in [0.5, 0.6) is 5.75 Å². The van der Waals surface area contributed by atoms with E-state index in [1.165, 1.54) is 0 Å². The number of halogens is 3. The molecule has 18 heavy (non-hydrogen) atoms. The molecule has 2 N–H and O–H groups in total. The van der Waals surface area contributed by atoms with Crippen LogP contribution < -0.4 is 10.5 Å². The molecule has 0 fully saturated rings. The van der Waals surface area contributed by atoms with Gasteiger partial charge in [0.1, 0.15) is 12.4 Å². The third-order valence-corrected chi connectivity index (χ3v) is 2.26. The highest BCUT2D eigenvalue weighted by Gasteiger charge is 2.28. The van der Waals surface area contributed by atoms with Gasteiger partial charge in [-0.2, -0.15) is 0 Å². The second-order valence-electron chi connectivity index (χ2n) is 3.97. The quantitative estimate of drug-likeness (QED) is 0.831. The summed E-state index contributed by atoms with van der Waals surface area (Å²) in [5.74, 6) is 0.487. The lowest BCUT2D eigenvalue weighted by Gasteiger charge is -2.15. The molecule has 0 radical (unpaired) electrons. The molecule has 0 aliphatic heterocycles. The predicted molar refractivity (Wildman–Crippen MR) is 61.3 cm³/mol. The smallest absolute Gasteiger partial charge is 0.491 e. The van der Waals surface area contributed by atoms with Crippen molar-refractivity contribution in [3.05, 3.63) is 29.3 Å². The molecule has 1 atom stereocenters. The van der Waals surface area contributed by atoms with E-state index in [2.05, 4.69) is 4.74 Å². The van der Waals surface area contributed by atoms with Gasteiger partial charge >= 0.3 is 6.36 Å². The first-order chi connectivity index (χ1) is 8.29. The molecule has 3 nitrogen and oxygen atoms in total. The molecule has 0 aromatic heterocycles. The SMILES string of the molecule is Cc1ccc(OCCOC(F)(F)F)c([C@H](C)N)c1. The van der Waals surface area contributed by atoms with Crippen LogP contribution in [0.4, 0.5) is 13.2 Å². The zero-order valence-corrected chi connectivity index (χ0v) is 10.3. The van der Waals surface area contributed by atoms with Crippen molar-refractivity contribution in [2.45, 2.75) is 26.3 Å². The summed E-state index contributed by atoms with van der Waals surface area (Å²) in [5, 5.41) is 0. The Labute approximate surface area is 104 Å². The minimum Gasteiger partial charge on any atom is -0.491 e. The van der Waals surface area contributed by atoms with Gasteiger partial charge < -0.3 is 10.5 Å². The van der Waals surface area contributed by atoms with Gasteiger partial charge in [0.2, 0.25) is 0 Å². The van der Waals surface area contributed by atoms with Crippen molar-refractivity contribution < 1.29 is 22.6 Å². The third-order valence-electron chi connectivity index (χ3n) is 2.26. The summed E-state index contributed by atoms with van der Waals surface area (Å²) >= 11 is 0. The molecule has 1 aromatic carbocycles. The molecule has 1 rings (SSSR count). The maximum atomic E-state index is 11.7. The number of rotatable bonds is 5. The molecule has 0 amide bonds. The zero-order valence-electron chi connectivity index (χ0n) is 10.3. The number of hydrogen-bond donors (Lipinski definition) is 1. The summed E-state index contributed by atoms with van der Waals surface area (Å²) in [7, 11) is 0. The zero-order chi connectivity index (χ0) is 13.8. The van der Waals surface area contributed by atoms with Gasteiger partial charge in [-0.15, -0.1) is 13.2 Å². The van der Waals surface area contributed by atoms with Crippen LogP contribution in [0.3, 0.4) is 0 Å². The van der Waals surface area contributed by atoms with E-state index < -0.39 is 13.0 Å². The fourth-order valence-electron chi connectivity index (χ4n) is 1.46. The number of hydrogen-bond acceptors (Lipinski definition) is 3. The van der Waals surface area contributed by atoms with E-state index >= 15 is 0 Å². The second kappa shape index (κ2) is 6.06. The highest BCUT2D eigenvalue weighted by atomic mass is 19.4. The minimum atomic E-state index is -4.62. The Morgan fingerprint density at radius 2 is 1.94 bits per heavy atom. The van der Waals surface area contributed by atoms with Gasteiger partial charge in [-0.1, -0.05) is 17.7 Å². The largest absolute Gasteiger partial charge is 0.522 e. The fourth-order valence-corrected chi connectivity index (χ4v) is 1.46. The van der Waals surface area contributed by atoms with Gasteiger partial charge in [0.05, 0.1) is 6.61 Å². The van der Waals surface area contributed by atoms with E-state index in [1.54, 1.807) is 13.0 Å². The highest BCUT2D eigenvalue weighted by molar-refractivity contribution is 5.38. The molecule has 0 saturated carbocycles. The Morgan fingerprint density at radius 3 is 2.50 bits per heavy atom. The maximum absolute atomic E-state index is 11.7. The Kier molecular flexibility index (Phi) is 4.98. The van der Waals surface area contributed by atoms with Crippen molar-refractivity contribution in [2.75, 3.05) is 13.2 Å². The summed E-state index contributed by atoms with van der Waals surface area (Å²) in [6.45, 7) is 2.97. The van der Waals surface area contributed by atoms with E-state index in [-0.39, 0.29) is 12.6 Å². The maximum Gasteiger partial charge on any atom is 0.522 e. The van der Waals surface area contributed by atoms with Crippen molar-refractivity contribution in [1.29, 1.82) is 0 Å². The highest BCUT2D eigenvalue weighted by Crippen LogP contribution is 2.25. The number of nitrogens with two attached hydrogens (primary N) is 1. The molecular weight excluding hydrogens is 247 g/mol. The summed E-state index contributed by atoms with van der Waals surface area (Å²) < 4.78 is 44.1. The van der Waals surface area contributed by atoms with Crippen LogP contribution in [-0.4, -0.2) is 19.6 Å². The van der Waals surface area contributed by atoms with E-state index in [9.17, 15) is 13.2 Å². The molecule has 0 aliphatic rings. The van der Waals surface area contributed by atoms with Crippen molar-refractivity contribution >= 4 is 0 Å². The number of aryl methyl sites for hydroxylation is 1. The normalized spacial score (nSPS) is 13.4. The summed E-state index contributed by atoms with van der Waals surface area (Å²) in [4.78, 5) is 0. The van der Waals surface area contributed by atoms with Gasteiger partial charge in [-0.3, -0.25) is 4.74 Å². The molecule has 1 aromatic rings. The van der Waals surface area contributed by atoms with Crippen molar-refractivity contribution in [1.82, 2.24) is 0 Å². The Bertz CT molecular complexity index is 391. The van der Waals surface area contributed by atoms with E-state index in [0.29, 0.717) is 5.75 Å². The summed E-state index contributed by atoms with van der Waals surface area (Å²) in [6, 6.07) is 5.11. The lowest BCUT2D eigenvalue weighted by atomic mass is 10.1. The molecule has 6 heteroatoms. The Morgan fingerprint density at radius 1 is 1.28 bits per heavy atom. The van der Waals surface area contributed by atoms with Crippen molar-refractivity contribution in [3.63, 3.8) is 0 Å². The molecule has 0 aliphatic carbocycles. The fraction of sp³-hybridized carbons (Fsp3) is 0.500. The van der Waals surface area contributed by atoms with Gasteiger partial charge in [-0.05, 0) is 19.9 Å². The Hall–Kier alpha value is -1.27.